The van der Waals surface area contributed by atoms with Gasteiger partial charge in [0.15, 0.2) is 0 Å². The first kappa shape index (κ1) is 20.5. The van der Waals surface area contributed by atoms with Gasteiger partial charge in [-0.3, -0.25) is 10.1 Å². The fraction of sp³-hybridized carbons (Fsp3) is 0.250. The van der Waals surface area contributed by atoms with E-state index in [9.17, 15) is 31.7 Å². The molecular weight excluding hydrogens is 391 g/mol. The maximum absolute atomic E-state index is 12.4. The van der Waals surface area contributed by atoms with Gasteiger partial charge in [-0.15, -0.1) is 13.2 Å². The molecule has 0 fully saturated rings. The highest BCUT2D eigenvalue weighted by Crippen LogP contribution is 2.33. The molecule has 0 unspecified atom stereocenters. The quantitative estimate of drug-likeness (QED) is 0.402. The van der Waals surface area contributed by atoms with E-state index >= 15 is 0 Å². The zero-order valence-corrected chi connectivity index (χ0v) is 14.9. The molecular formula is C16H14F3NO6S. The number of nitro benzene ring substituents is 1. The molecule has 2 aromatic carbocycles. The number of nitro groups is 1. The van der Waals surface area contributed by atoms with E-state index in [0.717, 1.165) is 24.3 Å². The highest BCUT2D eigenvalue weighted by molar-refractivity contribution is 7.87. The van der Waals surface area contributed by atoms with Gasteiger partial charge >= 0.3 is 22.2 Å². The van der Waals surface area contributed by atoms with Crippen molar-refractivity contribution in [2.75, 3.05) is 0 Å². The molecule has 0 aliphatic rings. The summed E-state index contributed by atoms with van der Waals surface area (Å²) in [4.78, 5) is 9.66. The topological polar surface area (TPSA) is 95.7 Å². The predicted molar refractivity (Wildman–Crippen MR) is 88.1 cm³/mol. The Bertz CT molecular complexity index is 957. The van der Waals surface area contributed by atoms with Crippen LogP contribution in [-0.2, 0) is 10.1 Å². The van der Waals surface area contributed by atoms with Gasteiger partial charge in [0.25, 0.3) is 0 Å². The van der Waals surface area contributed by atoms with Crippen LogP contribution in [0.2, 0.25) is 0 Å². The molecule has 0 N–H and O–H groups in total. The lowest BCUT2D eigenvalue weighted by Crippen LogP contribution is -2.17. The second-order valence-electron chi connectivity index (χ2n) is 5.70. The molecule has 0 aromatic heterocycles. The monoisotopic (exact) mass is 405 g/mol. The van der Waals surface area contributed by atoms with E-state index in [1.54, 1.807) is 13.8 Å². The van der Waals surface area contributed by atoms with Gasteiger partial charge in [0.2, 0.25) is 5.75 Å². The van der Waals surface area contributed by atoms with Crippen LogP contribution in [-0.4, -0.2) is 19.7 Å². The largest absolute Gasteiger partial charge is 0.573 e. The van der Waals surface area contributed by atoms with Gasteiger partial charge in [0, 0.05) is 12.1 Å². The minimum Gasteiger partial charge on any atom is -0.406 e. The van der Waals surface area contributed by atoms with Crippen molar-refractivity contribution in [3.63, 3.8) is 0 Å². The molecule has 0 aliphatic heterocycles. The van der Waals surface area contributed by atoms with Crippen molar-refractivity contribution in [1.29, 1.82) is 0 Å². The van der Waals surface area contributed by atoms with Crippen molar-refractivity contribution in [2.45, 2.75) is 31.0 Å². The van der Waals surface area contributed by atoms with Crippen molar-refractivity contribution in [3.05, 3.63) is 58.1 Å². The summed E-state index contributed by atoms with van der Waals surface area (Å²) in [6.45, 7) is 3.58. The Labute approximate surface area is 152 Å². The van der Waals surface area contributed by atoms with Crippen LogP contribution in [0.25, 0.3) is 0 Å². The summed E-state index contributed by atoms with van der Waals surface area (Å²) in [6.07, 6.45) is -5.01. The van der Waals surface area contributed by atoms with Gasteiger partial charge in [-0.25, -0.2) is 0 Å². The third-order valence-corrected chi connectivity index (χ3v) is 4.60. The first-order valence-electron chi connectivity index (χ1n) is 7.47. The molecule has 2 rings (SSSR count). The highest BCUT2D eigenvalue weighted by atomic mass is 32.2. The molecule has 0 heterocycles. The first-order chi connectivity index (χ1) is 12.4. The van der Waals surface area contributed by atoms with E-state index in [1.165, 1.54) is 12.1 Å². The Morgan fingerprint density at radius 3 is 2.33 bits per heavy atom. The molecule has 7 nitrogen and oxygen atoms in total. The number of halogens is 3. The van der Waals surface area contributed by atoms with Crippen LogP contribution in [0.3, 0.4) is 0 Å². The lowest BCUT2D eigenvalue weighted by atomic mass is 10.0. The standard InChI is InChI=1S/C16H14F3NO6S/c1-10(2)11-6-7-14(20(21)22)15(8-11)26-27(23,24)13-5-3-4-12(9-13)25-16(17,18)19/h3-10H,1-2H3. The average Bonchev–Trinajstić information content (AvgIpc) is 2.52. The van der Waals surface area contributed by atoms with Crippen LogP contribution in [0, 0.1) is 10.1 Å². The maximum atomic E-state index is 12.4. The molecule has 27 heavy (non-hydrogen) atoms. The van der Waals surface area contributed by atoms with Crippen molar-refractivity contribution >= 4 is 15.8 Å². The Balaban J connectivity index is 2.43. The molecule has 0 amide bonds. The SMILES string of the molecule is CC(C)c1ccc([N+](=O)[O-])c(OS(=O)(=O)c2cccc(OC(F)(F)F)c2)c1. The van der Waals surface area contributed by atoms with E-state index in [4.69, 9.17) is 4.18 Å². The van der Waals surface area contributed by atoms with Crippen molar-refractivity contribution in [1.82, 2.24) is 0 Å². The van der Waals surface area contributed by atoms with Gasteiger partial charge in [0.1, 0.15) is 10.6 Å². The molecule has 0 spiro atoms. The third-order valence-electron chi connectivity index (χ3n) is 3.37. The Hall–Kier alpha value is -2.82. The molecule has 0 saturated heterocycles. The second-order valence-corrected chi connectivity index (χ2v) is 7.25. The normalized spacial score (nSPS) is 12.1. The lowest BCUT2D eigenvalue weighted by molar-refractivity contribution is -0.385. The van der Waals surface area contributed by atoms with Gasteiger partial charge < -0.3 is 8.92 Å². The fourth-order valence-electron chi connectivity index (χ4n) is 2.10. The first-order valence-corrected chi connectivity index (χ1v) is 8.88. The predicted octanol–water partition coefficient (Wildman–Crippen LogP) is 4.38. The summed E-state index contributed by atoms with van der Waals surface area (Å²) < 4.78 is 70.2. The summed E-state index contributed by atoms with van der Waals surface area (Å²) >= 11 is 0. The van der Waals surface area contributed by atoms with Crippen LogP contribution in [0.15, 0.2) is 47.4 Å². The smallest absolute Gasteiger partial charge is 0.406 e. The van der Waals surface area contributed by atoms with Crippen LogP contribution >= 0.6 is 0 Å². The van der Waals surface area contributed by atoms with Crippen LogP contribution in [0.1, 0.15) is 25.3 Å². The van der Waals surface area contributed by atoms with E-state index in [1.807, 2.05) is 0 Å². The molecule has 0 saturated carbocycles. The Morgan fingerprint density at radius 2 is 1.78 bits per heavy atom. The van der Waals surface area contributed by atoms with Crippen LogP contribution in [0.4, 0.5) is 18.9 Å². The highest BCUT2D eigenvalue weighted by Gasteiger charge is 2.32. The maximum Gasteiger partial charge on any atom is 0.573 e. The molecule has 0 radical (unpaired) electrons. The van der Waals surface area contributed by atoms with Gasteiger partial charge in [0.05, 0.1) is 4.92 Å². The molecule has 0 bridgehead atoms. The molecule has 146 valence electrons. The summed E-state index contributed by atoms with van der Waals surface area (Å²) in [5.41, 5.74) is -0.00868. The minimum atomic E-state index is -5.01. The molecule has 11 heteroatoms. The number of nitrogens with zero attached hydrogens (tertiary/aromatic N) is 1. The van der Waals surface area contributed by atoms with Gasteiger partial charge in [-0.1, -0.05) is 26.0 Å². The van der Waals surface area contributed by atoms with E-state index < -0.39 is 43.5 Å². The van der Waals surface area contributed by atoms with Crippen molar-refractivity contribution in [2.24, 2.45) is 0 Å². The summed E-state index contributed by atoms with van der Waals surface area (Å²) in [5, 5.41) is 11.1. The number of hydrogen-bond acceptors (Lipinski definition) is 6. The third kappa shape index (κ3) is 5.33. The molecule has 0 aliphatic carbocycles. The van der Waals surface area contributed by atoms with Crippen molar-refractivity contribution < 1.29 is 35.4 Å². The van der Waals surface area contributed by atoms with Gasteiger partial charge in [-0.05, 0) is 29.7 Å². The number of rotatable bonds is 6. The van der Waals surface area contributed by atoms with Crippen molar-refractivity contribution in [3.8, 4) is 11.5 Å². The van der Waals surface area contributed by atoms with E-state index in [-0.39, 0.29) is 5.92 Å². The number of alkyl halides is 3. The van der Waals surface area contributed by atoms with E-state index in [2.05, 4.69) is 4.74 Å². The Kier molecular flexibility index (Phi) is 5.64. The minimum absolute atomic E-state index is 0.0700. The molecule has 0 atom stereocenters. The molecule has 2 aromatic rings. The number of hydrogen-bond donors (Lipinski definition) is 0. The zero-order chi connectivity index (χ0) is 20.4. The summed E-state index contributed by atoms with van der Waals surface area (Å²) in [6, 6.07) is 7.29. The second kappa shape index (κ2) is 7.43. The zero-order valence-electron chi connectivity index (χ0n) is 14.1. The number of ether oxygens (including phenoxy) is 1. The summed E-state index contributed by atoms with van der Waals surface area (Å²) in [7, 11) is -4.64. The fourth-order valence-corrected chi connectivity index (χ4v) is 3.07. The number of benzene rings is 2. The summed E-state index contributed by atoms with van der Waals surface area (Å²) in [5.74, 6) is -1.37. The van der Waals surface area contributed by atoms with Crippen LogP contribution in [0.5, 0.6) is 11.5 Å². The average molecular weight is 405 g/mol. The lowest BCUT2D eigenvalue weighted by Gasteiger charge is -2.12. The van der Waals surface area contributed by atoms with Gasteiger partial charge in [-0.2, -0.15) is 8.42 Å². The van der Waals surface area contributed by atoms with Crippen LogP contribution < -0.4 is 8.92 Å². The Morgan fingerprint density at radius 1 is 1.11 bits per heavy atom. The van der Waals surface area contributed by atoms with E-state index in [0.29, 0.717) is 11.6 Å².